The Morgan fingerprint density at radius 2 is 1.37 bits per heavy atom. The molecule has 2 aromatic carbocycles. The lowest BCUT2D eigenvalue weighted by molar-refractivity contribution is 0.119. The Morgan fingerprint density at radius 3 is 1.89 bits per heavy atom. The van der Waals surface area contributed by atoms with E-state index >= 15 is 0 Å². The van der Waals surface area contributed by atoms with Crippen LogP contribution in [-0.2, 0) is 11.3 Å². The fourth-order valence-corrected chi connectivity index (χ4v) is 4.07. The van der Waals surface area contributed by atoms with Crippen LogP contribution in [0.5, 0.6) is 0 Å². The zero-order valence-electron chi connectivity index (χ0n) is 16.4. The van der Waals surface area contributed by atoms with E-state index in [1.165, 1.54) is 47.9 Å². The molecule has 0 bridgehead atoms. The molecule has 0 N–H and O–H groups in total. The van der Waals surface area contributed by atoms with E-state index in [0.29, 0.717) is 18.4 Å². The Bertz CT molecular complexity index is 703. The van der Waals surface area contributed by atoms with Crippen molar-refractivity contribution in [1.82, 2.24) is 0 Å². The average Bonchev–Trinajstić information content (AvgIpc) is 2.74. The Hall–Kier alpha value is -2.12. The predicted molar refractivity (Wildman–Crippen MR) is 116 cm³/mol. The molecule has 1 heteroatoms. The van der Waals surface area contributed by atoms with Crippen molar-refractivity contribution in [3.8, 4) is 0 Å². The van der Waals surface area contributed by atoms with Crippen molar-refractivity contribution < 1.29 is 4.74 Å². The van der Waals surface area contributed by atoms with E-state index in [0.717, 1.165) is 19.4 Å². The van der Waals surface area contributed by atoms with Crippen LogP contribution in [0.25, 0.3) is 6.08 Å². The van der Waals surface area contributed by atoms with Gasteiger partial charge in [0.15, 0.2) is 0 Å². The molecule has 0 aromatic heterocycles. The lowest BCUT2D eigenvalue weighted by atomic mass is 9.76. The first-order valence-electron chi connectivity index (χ1n) is 10.3. The molecule has 27 heavy (non-hydrogen) atoms. The number of rotatable bonds is 9. The summed E-state index contributed by atoms with van der Waals surface area (Å²) in [5, 5.41) is 0. The maximum absolute atomic E-state index is 5.73. The fourth-order valence-electron chi connectivity index (χ4n) is 4.07. The molecule has 1 aliphatic rings. The van der Waals surface area contributed by atoms with Crippen molar-refractivity contribution >= 4 is 6.08 Å². The molecular formula is C26H32O. The van der Waals surface area contributed by atoms with Crippen molar-refractivity contribution in [2.24, 2.45) is 0 Å². The van der Waals surface area contributed by atoms with Crippen molar-refractivity contribution in [2.45, 2.75) is 57.0 Å². The van der Waals surface area contributed by atoms with Crippen molar-refractivity contribution in [3.05, 3.63) is 90.0 Å². The zero-order chi connectivity index (χ0) is 18.9. The van der Waals surface area contributed by atoms with Crippen LogP contribution in [0.2, 0.25) is 0 Å². The molecule has 1 fully saturated rings. The fraction of sp³-hybridized carbons (Fsp3) is 0.385. The molecule has 3 rings (SSSR count). The Kier molecular flexibility index (Phi) is 7.47. The minimum atomic E-state index is 0.705. The Labute approximate surface area is 164 Å². The number of allylic oxidation sites excluding steroid dienone is 1. The van der Waals surface area contributed by atoms with E-state index in [2.05, 4.69) is 61.7 Å². The van der Waals surface area contributed by atoms with E-state index in [4.69, 9.17) is 4.74 Å². The summed E-state index contributed by atoms with van der Waals surface area (Å²) >= 11 is 0. The molecule has 142 valence electrons. The number of benzene rings is 2. The zero-order valence-corrected chi connectivity index (χ0v) is 16.4. The van der Waals surface area contributed by atoms with Gasteiger partial charge in [-0.1, -0.05) is 67.3 Å². The van der Waals surface area contributed by atoms with Gasteiger partial charge in [0.25, 0.3) is 0 Å². The van der Waals surface area contributed by atoms with Gasteiger partial charge in [-0.2, -0.15) is 0 Å². The summed E-state index contributed by atoms with van der Waals surface area (Å²) in [4.78, 5) is 0. The van der Waals surface area contributed by atoms with Crippen LogP contribution >= 0.6 is 0 Å². The monoisotopic (exact) mass is 360 g/mol. The third-order valence-corrected chi connectivity index (χ3v) is 5.79. The largest absolute Gasteiger partial charge is 0.377 e. The van der Waals surface area contributed by atoms with Gasteiger partial charge in [-0.25, -0.2) is 0 Å². The number of ether oxygens (including phenoxy) is 1. The van der Waals surface area contributed by atoms with Crippen molar-refractivity contribution in [1.29, 1.82) is 0 Å². The van der Waals surface area contributed by atoms with Crippen LogP contribution in [0.15, 0.2) is 67.8 Å². The van der Waals surface area contributed by atoms with Crippen molar-refractivity contribution in [3.63, 3.8) is 0 Å². The minimum absolute atomic E-state index is 0.705. The first kappa shape index (κ1) is 19.6. The van der Waals surface area contributed by atoms with Gasteiger partial charge in [0.05, 0.1) is 6.61 Å². The maximum atomic E-state index is 5.73. The van der Waals surface area contributed by atoms with Gasteiger partial charge in [0, 0.05) is 6.61 Å². The molecule has 0 unspecified atom stereocenters. The molecule has 0 amide bonds. The van der Waals surface area contributed by atoms with Gasteiger partial charge in [0.1, 0.15) is 0 Å². The molecule has 0 spiro atoms. The van der Waals surface area contributed by atoms with Gasteiger partial charge in [-0.3, -0.25) is 0 Å². The van der Waals surface area contributed by atoms with Crippen molar-refractivity contribution in [2.75, 3.05) is 6.61 Å². The topological polar surface area (TPSA) is 9.23 Å². The standard InChI is InChI=1S/C26H32O/c1-3-5-6-19-27-20-22-9-13-24(14-10-22)26-17-15-25(16-18-26)23-11-7-21(4-2)8-12-23/h3-4,7-14,25-26H,1-2,5-6,15-20H2/t25-,26-. The van der Waals surface area contributed by atoms with Crippen LogP contribution in [0.1, 0.15) is 72.6 Å². The van der Waals surface area contributed by atoms with E-state index in [1.807, 2.05) is 12.2 Å². The summed E-state index contributed by atoms with van der Waals surface area (Å²) in [7, 11) is 0. The molecular weight excluding hydrogens is 328 g/mol. The summed E-state index contributed by atoms with van der Waals surface area (Å²) in [6.45, 7) is 9.10. The normalized spacial score (nSPS) is 19.6. The number of hydrogen-bond donors (Lipinski definition) is 0. The molecule has 0 heterocycles. The second kappa shape index (κ2) is 10.3. The summed E-state index contributed by atoms with van der Waals surface area (Å²) in [6, 6.07) is 18.0. The highest BCUT2D eigenvalue weighted by atomic mass is 16.5. The van der Waals surface area contributed by atoms with Gasteiger partial charge < -0.3 is 4.74 Å². The van der Waals surface area contributed by atoms with Crippen LogP contribution < -0.4 is 0 Å². The highest BCUT2D eigenvalue weighted by molar-refractivity contribution is 5.47. The minimum Gasteiger partial charge on any atom is -0.377 e. The molecule has 1 nitrogen and oxygen atoms in total. The Balaban J connectivity index is 1.47. The molecule has 1 saturated carbocycles. The quantitative estimate of drug-likeness (QED) is 0.338. The van der Waals surface area contributed by atoms with Gasteiger partial charge in [-0.05, 0) is 72.6 Å². The highest BCUT2D eigenvalue weighted by Crippen LogP contribution is 2.40. The van der Waals surface area contributed by atoms with Crippen LogP contribution in [0, 0.1) is 0 Å². The summed E-state index contributed by atoms with van der Waals surface area (Å²) in [6.07, 6.45) is 11.1. The van der Waals surface area contributed by atoms with Gasteiger partial charge >= 0.3 is 0 Å². The van der Waals surface area contributed by atoms with E-state index in [9.17, 15) is 0 Å². The molecule has 0 aliphatic heterocycles. The lowest BCUT2D eigenvalue weighted by Gasteiger charge is -2.29. The molecule has 0 atom stereocenters. The maximum Gasteiger partial charge on any atom is 0.0716 e. The number of unbranched alkanes of at least 4 members (excludes halogenated alkanes) is 1. The smallest absolute Gasteiger partial charge is 0.0716 e. The summed E-state index contributed by atoms with van der Waals surface area (Å²) < 4.78 is 5.73. The SMILES string of the molecule is C=CCCCOCc1ccc([C@H]2CC[C@H](c3ccc(C=C)cc3)CC2)cc1. The van der Waals surface area contributed by atoms with Crippen LogP contribution in [-0.4, -0.2) is 6.61 Å². The summed E-state index contributed by atoms with van der Waals surface area (Å²) in [5.74, 6) is 1.42. The predicted octanol–water partition coefficient (Wildman–Crippen LogP) is 7.25. The highest BCUT2D eigenvalue weighted by Gasteiger charge is 2.23. The first-order valence-corrected chi connectivity index (χ1v) is 10.3. The third-order valence-electron chi connectivity index (χ3n) is 5.79. The molecule has 1 aliphatic carbocycles. The second-order valence-electron chi connectivity index (χ2n) is 7.64. The van der Waals surface area contributed by atoms with E-state index in [-0.39, 0.29) is 0 Å². The van der Waals surface area contributed by atoms with E-state index < -0.39 is 0 Å². The average molecular weight is 361 g/mol. The molecule has 2 aromatic rings. The lowest BCUT2D eigenvalue weighted by Crippen LogP contribution is -2.12. The van der Waals surface area contributed by atoms with E-state index in [1.54, 1.807) is 0 Å². The Morgan fingerprint density at radius 1 is 0.815 bits per heavy atom. The third kappa shape index (κ3) is 5.68. The van der Waals surface area contributed by atoms with Crippen LogP contribution in [0.4, 0.5) is 0 Å². The van der Waals surface area contributed by atoms with Crippen LogP contribution in [0.3, 0.4) is 0 Å². The summed E-state index contributed by atoms with van der Waals surface area (Å²) in [5.41, 5.74) is 5.46. The van der Waals surface area contributed by atoms with Gasteiger partial charge in [0.2, 0.25) is 0 Å². The second-order valence-corrected chi connectivity index (χ2v) is 7.64. The molecule has 0 radical (unpaired) electrons. The molecule has 0 saturated heterocycles. The first-order chi connectivity index (χ1) is 13.3. The number of hydrogen-bond acceptors (Lipinski definition) is 1. The van der Waals surface area contributed by atoms with Gasteiger partial charge in [-0.15, -0.1) is 6.58 Å².